The number of rotatable bonds is 4. The molecule has 9 nitrogen and oxygen atoms in total. The topological polar surface area (TPSA) is 125 Å². The summed E-state index contributed by atoms with van der Waals surface area (Å²) in [6.07, 6.45) is 2.99. The highest BCUT2D eigenvalue weighted by Crippen LogP contribution is 2.27. The zero-order valence-corrected chi connectivity index (χ0v) is 17.6. The highest BCUT2D eigenvalue weighted by Gasteiger charge is 2.34. The van der Waals surface area contributed by atoms with Crippen LogP contribution in [0.1, 0.15) is 34.6 Å². The number of nitrogen functional groups attached to an aromatic ring is 1. The molecule has 10 heteroatoms. The monoisotopic (exact) mass is 437 g/mol. The number of hydrogen-bond acceptors (Lipinski definition) is 5. The SMILES string of the molecule is C=CC(=O)N1CC(n2nc(C#Cc3cc4ncn(CC)c4cc3Cl)c(C(N)=O)c2N)C1. The fourth-order valence-electron chi connectivity index (χ4n) is 3.53. The predicted octanol–water partition coefficient (Wildman–Crippen LogP) is 1.56. The van der Waals surface area contributed by atoms with Gasteiger partial charge >= 0.3 is 0 Å². The molecule has 0 spiro atoms. The lowest BCUT2D eigenvalue weighted by molar-refractivity contribution is -0.131. The molecule has 2 amide bonds. The summed E-state index contributed by atoms with van der Waals surface area (Å²) in [5.41, 5.74) is 14.1. The van der Waals surface area contributed by atoms with E-state index in [-0.39, 0.29) is 29.0 Å². The predicted molar refractivity (Wildman–Crippen MR) is 117 cm³/mol. The summed E-state index contributed by atoms with van der Waals surface area (Å²) < 4.78 is 3.47. The summed E-state index contributed by atoms with van der Waals surface area (Å²) in [5, 5.41) is 4.85. The van der Waals surface area contributed by atoms with Crippen molar-refractivity contribution in [3.8, 4) is 11.8 Å². The quantitative estimate of drug-likeness (QED) is 0.473. The van der Waals surface area contributed by atoms with Gasteiger partial charge in [-0.3, -0.25) is 9.59 Å². The van der Waals surface area contributed by atoms with Crippen molar-refractivity contribution in [2.45, 2.75) is 19.5 Å². The van der Waals surface area contributed by atoms with Crippen molar-refractivity contribution in [2.75, 3.05) is 18.8 Å². The third-order valence-corrected chi connectivity index (χ3v) is 5.57. The first kappa shape index (κ1) is 20.5. The van der Waals surface area contributed by atoms with E-state index in [2.05, 4.69) is 28.5 Å². The minimum Gasteiger partial charge on any atom is -0.383 e. The third kappa shape index (κ3) is 3.51. The Morgan fingerprint density at radius 2 is 2.10 bits per heavy atom. The van der Waals surface area contributed by atoms with Crippen LogP contribution in [0.3, 0.4) is 0 Å². The number of benzene rings is 1. The van der Waals surface area contributed by atoms with Crippen LogP contribution in [0.5, 0.6) is 0 Å². The molecule has 1 aliphatic heterocycles. The first-order valence-electron chi connectivity index (χ1n) is 9.59. The molecule has 1 saturated heterocycles. The second-order valence-corrected chi connectivity index (χ2v) is 7.53. The molecule has 0 saturated carbocycles. The number of likely N-dealkylation sites (tertiary alicyclic amines) is 1. The van der Waals surface area contributed by atoms with Crippen LogP contribution in [0, 0.1) is 11.8 Å². The molecule has 158 valence electrons. The van der Waals surface area contributed by atoms with Crippen LogP contribution < -0.4 is 11.5 Å². The van der Waals surface area contributed by atoms with Crippen molar-refractivity contribution >= 4 is 40.3 Å². The molecule has 3 aromatic rings. The third-order valence-electron chi connectivity index (χ3n) is 5.25. The second kappa shape index (κ2) is 7.81. The normalized spacial score (nSPS) is 13.5. The molecule has 0 unspecified atom stereocenters. The van der Waals surface area contributed by atoms with Crippen LogP contribution in [0.15, 0.2) is 31.1 Å². The number of amides is 2. The molecule has 0 atom stereocenters. The molecular formula is C21H20ClN7O2. The molecule has 1 aromatic carbocycles. The van der Waals surface area contributed by atoms with Crippen molar-refractivity contribution in [1.29, 1.82) is 0 Å². The highest BCUT2D eigenvalue weighted by atomic mass is 35.5. The number of nitrogens with two attached hydrogens (primary N) is 2. The maximum atomic E-state index is 12.0. The minimum atomic E-state index is -0.727. The molecular weight excluding hydrogens is 418 g/mol. The zero-order valence-electron chi connectivity index (χ0n) is 16.8. The van der Waals surface area contributed by atoms with Crippen molar-refractivity contribution in [2.24, 2.45) is 5.73 Å². The summed E-state index contributed by atoms with van der Waals surface area (Å²) >= 11 is 6.40. The number of imidazole rings is 1. The van der Waals surface area contributed by atoms with Gasteiger partial charge in [-0.05, 0) is 31.1 Å². The van der Waals surface area contributed by atoms with Crippen molar-refractivity contribution < 1.29 is 9.59 Å². The van der Waals surface area contributed by atoms with Crippen molar-refractivity contribution in [3.05, 3.63) is 53.0 Å². The van der Waals surface area contributed by atoms with E-state index < -0.39 is 5.91 Å². The lowest BCUT2D eigenvalue weighted by Gasteiger charge is -2.38. The van der Waals surface area contributed by atoms with E-state index in [1.165, 1.54) is 10.8 Å². The van der Waals surface area contributed by atoms with Gasteiger partial charge in [-0.25, -0.2) is 9.67 Å². The van der Waals surface area contributed by atoms with E-state index in [1.807, 2.05) is 11.5 Å². The lowest BCUT2D eigenvalue weighted by atomic mass is 10.1. The van der Waals surface area contributed by atoms with Crippen LogP contribution >= 0.6 is 11.6 Å². The molecule has 31 heavy (non-hydrogen) atoms. The average molecular weight is 438 g/mol. The summed E-state index contributed by atoms with van der Waals surface area (Å²) in [5.74, 6) is 5.04. The zero-order chi connectivity index (χ0) is 22.3. The molecule has 1 aliphatic rings. The van der Waals surface area contributed by atoms with Gasteiger partial charge in [0.15, 0.2) is 5.69 Å². The van der Waals surface area contributed by atoms with Gasteiger partial charge in [0.1, 0.15) is 11.4 Å². The Bertz CT molecular complexity index is 1290. The molecule has 4 N–H and O–H groups in total. The van der Waals surface area contributed by atoms with Gasteiger partial charge < -0.3 is 20.9 Å². The molecule has 4 rings (SSSR count). The molecule has 3 heterocycles. The Morgan fingerprint density at radius 3 is 2.74 bits per heavy atom. The summed E-state index contributed by atoms with van der Waals surface area (Å²) in [6.45, 7) is 7.07. The van der Waals surface area contributed by atoms with Crippen LogP contribution in [0.4, 0.5) is 5.82 Å². The van der Waals surface area contributed by atoms with Gasteiger partial charge in [0.2, 0.25) is 5.91 Å². The molecule has 1 fully saturated rings. The summed E-state index contributed by atoms with van der Waals surface area (Å²) in [6, 6.07) is 3.42. The van der Waals surface area contributed by atoms with E-state index in [4.69, 9.17) is 23.1 Å². The number of fused-ring (bicyclic) bond motifs is 1. The number of aryl methyl sites for hydroxylation is 1. The first-order valence-corrected chi connectivity index (χ1v) is 9.97. The average Bonchev–Trinajstić information content (AvgIpc) is 3.25. The Hall–Kier alpha value is -3.77. The van der Waals surface area contributed by atoms with Gasteiger partial charge in [-0.2, -0.15) is 5.10 Å². The standard InChI is InChI=1S/C21H20ClN7O2/c1-3-18(30)28-9-13(10-28)29-20(23)19(21(24)31)15(26-29)6-5-12-7-16-17(8-14(12)22)27(4-2)11-25-16/h3,7-8,11,13H,1,4,9-10,23H2,2H3,(H2,24,31). The number of primary amides is 1. The van der Waals surface area contributed by atoms with E-state index in [9.17, 15) is 9.59 Å². The molecule has 0 radical (unpaired) electrons. The van der Waals surface area contributed by atoms with Gasteiger partial charge in [-0.1, -0.05) is 24.1 Å². The molecule has 0 aliphatic carbocycles. The van der Waals surface area contributed by atoms with Crippen LogP contribution in [0.25, 0.3) is 11.0 Å². The van der Waals surface area contributed by atoms with E-state index >= 15 is 0 Å². The fraction of sp³-hybridized carbons (Fsp3) is 0.238. The van der Waals surface area contributed by atoms with E-state index in [0.717, 1.165) is 17.6 Å². The largest absolute Gasteiger partial charge is 0.383 e. The van der Waals surface area contributed by atoms with E-state index in [0.29, 0.717) is 23.7 Å². The van der Waals surface area contributed by atoms with Crippen molar-refractivity contribution in [3.63, 3.8) is 0 Å². The fourth-order valence-corrected chi connectivity index (χ4v) is 3.73. The first-order chi connectivity index (χ1) is 14.8. The highest BCUT2D eigenvalue weighted by molar-refractivity contribution is 6.32. The Kier molecular flexibility index (Phi) is 5.17. The van der Waals surface area contributed by atoms with Crippen molar-refractivity contribution in [1.82, 2.24) is 24.2 Å². The lowest BCUT2D eigenvalue weighted by Crippen LogP contribution is -2.50. The van der Waals surface area contributed by atoms with E-state index in [1.54, 1.807) is 23.4 Å². The number of carbonyl (C=O) groups is 2. The van der Waals surface area contributed by atoms with Gasteiger partial charge in [0, 0.05) is 25.2 Å². The smallest absolute Gasteiger partial charge is 0.255 e. The number of nitrogens with zero attached hydrogens (tertiary/aromatic N) is 5. The number of aromatic nitrogens is 4. The summed E-state index contributed by atoms with van der Waals surface area (Å²) in [4.78, 5) is 29.6. The van der Waals surface area contributed by atoms with Crippen LogP contribution in [-0.2, 0) is 11.3 Å². The number of anilines is 1. The summed E-state index contributed by atoms with van der Waals surface area (Å²) in [7, 11) is 0. The van der Waals surface area contributed by atoms with Gasteiger partial charge in [0.25, 0.3) is 5.91 Å². The van der Waals surface area contributed by atoms with Crippen LogP contribution in [-0.4, -0.2) is 49.1 Å². The number of carbonyl (C=O) groups excluding carboxylic acids is 2. The Labute approximate surface area is 183 Å². The minimum absolute atomic E-state index is 0.0495. The number of halogens is 1. The molecule has 2 aromatic heterocycles. The van der Waals surface area contributed by atoms with Gasteiger partial charge in [0.05, 0.1) is 28.4 Å². The maximum Gasteiger partial charge on any atom is 0.255 e. The maximum absolute atomic E-state index is 12.0. The number of hydrogen-bond donors (Lipinski definition) is 2. The van der Waals surface area contributed by atoms with Gasteiger partial charge in [-0.15, -0.1) is 0 Å². The molecule has 0 bridgehead atoms. The second-order valence-electron chi connectivity index (χ2n) is 7.12. The van der Waals surface area contributed by atoms with Crippen LogP contribution in [0.2, 0.25) is 5.02 Å². The Balaban J connectivity index is 1.68. The Morgan fingerprint density at radius 1 is 1.35 bits per heavy atom.